The molecule has 4 heteroatoms. The van der Waals surface area contributed by atoms with Gasteiger partial charge in [0, 0.05) is 25.7 Å². The molecule has 1 aromatic carbocycles. The molecule has 17 heavy (non-hydrogen) atoms. The smallest absolute Gasteiger partial charge is 0.159 e. The first-order valence-electron chi connectivity index (χ1n) is 6.08. The van der Waals surface area contributed by atoms with Crippen LogP contribution in [0.4, 0.5) is 8.78 Å². The molecule has 2 nitrogen and oxygen atoms in total. The molecule has 1 aliphatic rings. The van der Waals surface area contributed by atoms with Crippen LogP contribution in [0.25, 0.3) is 0 Å². The Bertz CT molecular complexity index is 382. The van der Waals surface area contributed by atoms with Gasteiger partial charge in [-0.1, -0.05) is 13.0 Å². The monoisotopic (exact) mass is 240 g/mol. The number of nitrogens with zero attached hydrogens (tertiary/aromatic N) is 1. The van der Waals surface area contributed by atoms with Crippen LogP contribution in [0.1, 0.15) is 18.9 Å². The molecule has 0 amide bonds. The molecule has 0 saturated carbocycles. The van der Waals surface area contributed by atoms with Crippen molar-refractivity contribution in [2.75, 3.05) is 19.6 Å². The SMILES string of the molecule is CCNC1CCN(Cc2ccc(F)c(F)c2)C1. The van der Waals surface area contributed by atoms with Crippen LogP contribution in [-0.2, 0) is 6.54 Å². The minimum atomic E-state index is -0.777. The number of halogens is 2. The summed E-state index contributed by atoms with van der Waals surface area (Å²) in [5.41, 5.74) is 0.834. The summed E-state index contributed by atoms with van der Waals surface area (Å²) in [6, 6.07) is 4.67. The molecule has 1 unspecified atom stereocenters. The quantitative estimate of drug-likeness (QED) is 0.867. The topological polar surface area (TPSA) is 15.3 Å². The molecule has 1 saturated heterocycles. The van der Waals surface area contributed by atoms with Crippen molar-refractivity contribution in [3.8, 4) is 0 Å². The van der Waals surface area contributed by atoms with Gasteiger partial charge in [0.2, 0.25) is 0 Å². The van der Waals surface area contributed by atoms with E-state index in [0.29, 0.717) is 12.6 Å². The highest BCUT2D eigenvalue weighted by Crippen LogP contribution is 2.15. The van der Waals surface area contributed by atoms with Crippen molar-refractivity contribution in [1.82, 2.24) is 10.2 Å². The van der Waals surface area contributed by atoms with Crippen molar-refractivity contribution < 1.29 is 8.78 Å². The van der Waals surface area contributed by atoms with E-state index in [0.717, 1.165) is 31.6 Å². The van der Waals surface area contributed by atoms with Crippen LogP contribution in [0.5, 0.6) is 0 Å². The van der Waals surface area contributed by atoms with E-state index >= 15 is 0 Å². The third-order valence-corrected chi connectivity index (χ3v) is 3.16. The minimum absolute atomic E-state index is 0.533. The third kappa shape index (κ3) is 3.23. The molecule has 1 aromatic rings. The average Bonchev–Trinajstić information content (AvgIpc) is 2.72. The Morgan fingerprint density at radius 1 is 1.35 bits per heavy atom. The Kier molecular flexibility index (Phi) is 4.07. The van der Waals surface area contributed by atoms with Gasteiger partial charge in [-0.15, -0.1) is 0 Å². The minimum Gasteiger partial charge on any atom is -0.313 e. The molecular weight excluding hydrogens is 222 g/mol. The molecular formula is C13H18F2N2. The summed E-state index contributed by atoms with van der Waals surface area (Å²) in [5, 5.41) is 3.40. The van der Waals surface area contributed by atoms with Crippen molar-refractivity contribution in [2.45, 2.75) is 25.9 Å². The van der Waals surface area contributed by atoms with Crippen LogP contribution in [0.15, 0.2) is 18.2 Å². The highest BCUT2D eigenvalue weighted by Gasteiger charge is 2.21. The van der Waals surface area contributed by atoms with Gasteiger partial charge in [0.05, 0.1) is 0 Å². The predicted octanol–water partition coefficient (Wildman–Crippen LogP) is 2.15. The zero-order valence-electron chi connectivity index (χ0n) is 10.0. The summed E-state index contributed by atoms with van der Waals surface area (Å²) < 4.78 is 25.8. The van der Waals surface area contributed by atoms with E-state index in [1.807, 2.05) is 0 Å². The van der Waals surface area contributed by atoms with Gasteiger partial charge in [-0.25, -0.2) is 8.78 Å². The van der Waals surface area contributed by atoms with Crippen molar-refractivity contribution in [1.29, 1.82) is 0 Å². The fourth-order valence-electron chi connectivity index (χ4n) is 2.33. The number of benzene rings is 1. The molecule has 94 valence electrons. The summed E-state index contributed by atoms with van der Waals surface area (Å²) in [5.74, 6) is -1.54. The van der Waals surface area contributed by atoms with Crippen molar-refractivity contribution >= 4 is 0 Å². The summed E-state index contributed by atoms with van der Waals surface area (Å²) in [4.78, 5) is 2.26. The van der Waals surface area contributed by atoms with Gasteiger partial charge in [0.15, 0.2) is 11.6 Å². The Labute approximate surface area is 101 Å². The number of hydrogen-bond acceptors (Lipinski definition) is 2. The predicted molar refractivity (Wildman–Crippen MR) is 63.7 cm³/mol. The van der Waals surface area contributed by atoms with Gasteiger partial charge in [0.1, 0.15) is 0 Å². The Morgan fingerprint density at radius 3 is 2.88 bits per heavy atom. The summed E-state index contributed by atoms with van der Waals surface area (Å²) in [6.07, 6.45) is 1.12. The third-order valence-electron chi connectivity index (χ3n) is 3.16. The first-order valence-corrected chi connectivity index (χ1v) is 6.08. The van der Waals surface area contributed by atoms with Gasteiger partial charge < -0.3 is 5.32 Å². The second-order valence-corrected chi connectivity index (χ2v) is 4.53. The lowest BCUT2D eigenvalue weighted by atomic mass is 10.2. The Morgan fingerprint density at radius 2 is 2.18 bits per heavy atom. The van der Waals surface area contributed by atoms with Gasteiger partial charge in [-0.2, -0.15) is 0 Å². The summed E-state index contributed by atoms with van der Waals surface area (Å²) in [6.45, 7) is 5.75. The van der Waals surface area contributed by atoms with Crippen LogP contribution in [0.3, 0.4) is 0 Å². The summed E-state index contributed by atoms with van der Waals surface area (Å²) in [7, 11) is 0. The van der Waals surface area contributed by atoms with Crippen molar-refractivity contribution in [3.63, 3.8) is 0 Å². The first kappa shape index (κ1) is 12.5. The summed E-state index contributed by atoms with van der Waals surface area (Å²) >= 11 is 0. The van der Waals surface area contributed by atoms with Gasteiger partial charge in [-0.3, -0.25) is 4.90 Å². The lowest BCUT2D eigenvalue weighted by Gasteiger charge is -2.16. The normalized spacial score (nSPS) is 21.0. The lowest BCUT2D eigenvalue weighted by Crippen LogP contribution is -2.32. The largest absolute Gasteiger partial charge is 0.313 e. The molecule has 1 aliphatic heterocycles. The van der Waals surface area contributed by atoms with Crippen LogP contribution in [0, 0.1) is 11.6 Å². The van der Waals surface area contributed by atoms with E-state index < -0.39 is 11.6 Å². The fraction of sp³-hybridized carbons (Fsp3) is 0.538. The van der Waals surface area contributed by atoms with Crippen LogP contribution >= 0.6 is 0 Å². The van der Waals surface area contributed by atoms with E-state index in [9.17, 15) is 8.78 Å². The second-order valence-electron chi connectivity index (χ2n) is 4.53. The average molecular weight is 240 g/mol. The molecule has 0 aromatic heterocycles. The Hall–Kier alpha value is -1.00. The zero-order valence-corrected chi connectivity index (χ0v) is 10.0. The molecule has 1 heterocycles. The van der Waals surface area contributed by atoms with E-state index in [2.05, 4.69) is 17.1 Å². The first-order chi connectivity index (χ1) is 8.19. The maximum Gasteiger partial charge on any atom is 0.159 e. The maximum atomic E-state index is 13.0. The van der Waals surface area contributed by atoms with Crippen LogP contribution < -0.4 is 5.32 Å². The molecule has 1 N–H and O–H groups in total. The number of likely N-dealkylation sites (tertiary alicyclic amines) is 1. The maximum absolute atomic E-state index is 13.0. The van der Waals surface area contributed by atoms with E-state index in [4.69, 9.17) is 0 Å². The number of likely N-dealkylation sites (N-methyl/N-ethyl adjacent to an activating group) is 1. The highest BCUT2D eigenvalue weighted by molar-refractivity contribution is 5.17. The molecule has 2 rings (SSSR count). The van der Waals surface area contributed by atoms with E-state index in [1.165, 1.54) is 12.1 Å². The fourth-order valence-corrected chi connectivity index (χ4v) is 2.33. The van der Waals surface area contributed by atoms with Crippen molar-refractivity contribution in [3.05, 3.63) is 35.4 Å². The lowest BCUT2D eigenvalue weighted by molar-refractivity contribution is 0.320. The van der Waals surface area contributed by atoms with Crippen molar-refractivity contribution in [2.24, 2.45) is 0 Å². The second kappa shape index (κ2) is 5.56. The number of hydrogen-bond donors (Lipinski definition) is 1. The van der Waals surface area contributed by atoms with E-state index in [-0.39, 0.29) is 0 Å². The molecule has 0 aliphatic carbocycles. The number of rotatable bonds is 4. The standard InChI is InChI=1S/C13H18F2N2/c1-2-16-11-5-6-17(9-11)8-10-3-4-12(14)13(15)7-10/h3-4,7,11,16H,2,5-6,8-9H2,1H3. The van der Waals surface area contributed by atoms with Crippen LogP contribution in [-0.4, -0.2) is 30.6 Å². The van der Waals surface area contributed by atoms with Crippen LogP contribution in [0.2, 0.25) is 0 Å². The molecule has 0 bridgehead atoms. The van der Waals surface area contributed by atoms with Gasteiger partial charge >= 0.3 is 0 Å². The molecule has 0 spiro atoms. The van der Waals surface area contributed by atoms with E-state index in [1.54, 1.807) is 6.07 Å². The van der Waals surface area contributed by atoms with Gasteiger partial charge in [0.25, 0.3) is 0 Å². The number of nitrogens with one attached hydrogen (secondary N) is 1. The highest BCUT2D eigenvalue weighted by atomic mass is 19.2. The molecule has 0 radical (unpaired) electrons. The van der Waals surface area contributed by atoms with Gasteiger partial charge in [-0.05, 0) is 30.7 Å². The zero-order chi connectivity index (χ0) is 12.3. The Balaban J connectivity index is 1.91. The molecule has 1 atom stereocenters. The molecule has 1 fully saturated rings.